The highest BCUT2D eigenvalue weighted by atomic mass is 14.8. The quantitative estimate of drug-likeness (QED) is 0.134. The maximum Gasteiger partial charge on any atom is 0.0759 e. The molecule has 2 N–H and O–H groups in total. The van der Waals surface area contributed by atoms with Gasteiger partial charge in [-0.05, 0) is 78.4 Å². The Kier molecular flexibility index (Phi) is 13.4. The van der Waals surface area contributed by atoms with Gasteiger partial charge in [0.25, 0.3) is 0 Å². The van der Waals surface area contributed by atoms with Gasteiger partial charge in [-0.25, -0.2) is 9.98 Å². The van der Waals surface area contributed by atoms with Crippen LogP contribution in [0.3, 0.4) is 0 Å². The predicted molar refractivity (Wildman–Crippen MR) is 235 cm³/mol. The fourth-order valence-electron chi connectivity index (χ4n) is 6.11. The van der Waals surface area contributed by atoms with Crippen molar-refractivity contribution in [1.29, 1.82) is 0 Å². The van der Waals surface area contributed by atoms with E-state index < -0.39 is 0 Å². The van der Waals surface area contributed by atoms with Crippen LogP contribution in [0.25, 0.3) is 33.8 Å². The zero-order chi connectivity index (χ0) is 38.5. The SMILES string of the molecule is C=C(N=C(/C=C(\C)c1ccccc1)c1ccccc1)c1cc(C(=C)N=C(/C(C)=C(\N)c2ccccc2C)c2ccccc2)cc(-c2ccccc2)c1.CC. The number of nitrogens with zero attached hydrogens (tertiary/aromatic N) is 2. The van der Waals surface area contributed by atoms with Crippen LogP contribution in [0.2, 0.25) is 0 Å². The lowest BCUT2D eigenvalue weighted by Gasteiger charge is -2.15. The molecule has 3 nitrogen and oxygen atoms in total. The van der Waals surface area contributed by atoms with Gasteiger partial charge in [-0.2, -0.15) is 0 Å². The molecule has 0 aromatic heterocycles. The van der Waals surface area contributed by atoms with Crippen LogP contribution in [0.1, 0.15) is 66.6 Å². The molecule has 0 spiro atoms. The number of nitrogens with two attached hydrogens (primary N) is 1. The van der Waals surface area contributed by atoms with Gasteiger partial charge in [0.2, 0.25) is 0 Å². The highest BCUT2D eigenvalue weighted by molar-refractivity contribution is 6.18. The molecule has 54 heavy (non-hydrogen) atoms. The predicted octanol–water partition coefficient (Wildman–Crippen LogP) is 13.1. The van der Waals surface area contributed by atoms with E-state index in [9.17, 15) is 0 Å². The zero-order valence-corrected chi connectivity index (χ0v) is 32.1. The van der Waals surface area contributed by atoms with E-state index in [1.807, 2.05) is 99.6 Å². The minimum absolute atomic E-state index is 0.606. The maximum atomic E-state index is 6.86. The molecule has 0 aliphatic rings. The van der Waals surface area contributed by atoms with E-state index in [4.69, 9.17) is 15.7 Å². The van der Waals surface area contributed by atoms with Crippen molar-refractivity contribution >= 4 is 34.1 Å². The van der Waals surface area contributed by atoms with Gasteiger partial charge in [0.1, 0.15) is 0 Å². The van der Waals surface area contributed by atoms with Crippen LogP contribution in [0.5, 0.6) is 0 Å². The van der Waals surface area contributed by atoms with Crippen LogP contribution in [0.4, 0.5) is 0 Å². The van der Waals surface area contributed by atoms with Crippen LogP contribution < -0.4 is 5.73 Å². The van der Waals surface area contributed by atoms with Crippen molar-refractivity contribution in [2.75, 3.05) is 0 Å². The molecule has 0 saturated heterocycles. The lowest BCUT2D eigenvalue weighted by Crippen LogP contribution is -2.11. The van der Waals surface area contributed by atoms with Gasteiger partial charge in [-0.15, -0.1) is 0 Å². The molecule has 6 aromatic rings. The van der Waals surface area contributed by atoms with Crippen molar-refractivity contribution in [1.82, 2.24) is 0 Å². The van der Waals surface area contributed by atoms with Gasteiger partial charge in [0.15, 0.2) is 0 Å². The average molecular weight is 704 g/mol. The molecule has 0 bridgehead atoms. The van der Waals surface area contributed by atoms with Crippen LogP contribution in [0, 0.1) is 6.92 Å². The number of rotatable bonds is 11. The second-order valence-electron chi connectivity index (χ2n) is 12.8. The van der Waals surface area contributed by atoms with Gasteiger partial charge < -0.3 is 5.73 Å². The van der Waals surface area contributed by atoms with Crippen molar-refractivity contribution in [3.8, 4) is 11.1 Å². The molecule has 0 amide bonds. The van der Waals surface area contributed by atoms with Crippen LogP contribution in [0.15, 0.2) is 199 Å². The van der Waals surface area contributed by atoms with Crippen LogP contribution >= 0.6 is 0 Å². The molecule has 3 heteroatoms. The van der Waals surface area contributed by atoms with Crippen LogP contribution in [-0.4, -0.2) is 11.4 Å². The fourth-order valence-corrected chi connectivity index (χ4v) is 6.11. The van der Waals surface area contributed by atoms with Crippen molar-refractivity contribution < 1.29 is 0 Å². The van der Waals surface area contributed by atoms with E-state index in [0.717, 1.165) is 72.6 Å². The molecule has 0 aliphatic carbocycles. The first-order valence-corrected chi connectivity index (χ1v) is 18.4. The molecule has 0 unspecified atom stereocenters. The number of hydrogen-bond acceptors (Lipinski definition) is 3. The Bertz CT molecular complexity index is 2330. The van der Waals surface area contributed by atoms with Crippen molar-refractivity contribution in [3.05, 3.63) is 228 Å². The molecule has 0 atom stereocenters. The minimum Gasteiger partial charge on any atom is -0.398 e. The Hall–Kier alpha value is -6.58. The minimum atomic E-state index is 0.606. The lowest BCUT2D eigenvalue weighted by molar-refractivity contribution is 1.36. The first kappa shape index (κ1) is 38.6. The average Bonchev–Trinajstić information content (AvgIpc) is 3.24. The van der Waals surface area contributed by atoms with Crippen molar-refractivity contribution in [2.45, 2.75) is 34.6 Å². The number of hydrogen-bond donors (Lipinski definition) is 1. The summed E-state index contributed by atoms with van der Waals surface area (Å²) < 4.78 is 0. The normalized spacial score (nSPS) is 12.3. The summed E-state index contributed by atoms with van der Waals surface area (Å²) in [6, 6.07) is 55.5. The monoisotopic (exact) mass is 703 g/mol. The number of aryl methyl sites for hydroxylation is 1. The number of aliphatic imine (C=N–C) groups is 2. The van der Waals surface area contributed by atoms with Gasteiger partial charge in [-0.1, -0.05) is 173 Å². The first-order valence-electron chi connectivity index (χ1n) is 18.4. The first-order chi connectivity index (χ1) is 26.3. The lowest BCUT2D eigenvalue weighted by atomic mass is 9.95. The molecule has 0 radical (unpaired) electrons. The Morgan fingerprint density at radius 1 is 0.519 bits per heavy atom. The largest absolute Gasteiger partial charge is 0.398 e. The van der Waals surface area contributed by atoms with Gasteiger partial charge in [0.05, 0.1) is 22.8 Å². The Morgan fingerprint density at radius 2 is 0.981 bits per heavy atom. The van der Waals surface area contributed by atoms with Gasteiger partial charge in [0, 0.05) is 33.5 Å². The molecule has 6 rings (SSSR count). The summed E-state index contributed by atoms with van der Waals surface area (Å²) in [5.74, 6) is 0. The summed E-state index contributed by atoms with van der Waals surface area (Å²) in [5.41, 5.74) is 21.4. The summed E-state index contributed by atoms with van der Waals surface area (Å²) >= 11 is 0. The van der Waals surface area contributed by atoms with Gasteiger partial charge in [-0.3, -0.25) is 0 Å². The smallest absolute Gasteiger partial charge is 0.0759 e. The second-order valence-corrected chi connectivity index (χ2v) is 12.8. The molecular weight excluding hydrogens is 655 g/mol. The Balaban J connectivity index is 0.00000276. The topological polar surface area (TPSA) is 50.7 Å². The second kappa shape index (κ2) is 18.8. The van der Waals surface area contributed by atoms with Crippen molar-refractivity contribution in [2.24, 2.45) is 15.7 Å². The number of benzene rings is 6. The highest BCUT2D eigenvalue weighted by Gasteiger charge is 2.15. The molecule has 0 aliphatic heterocycles. The van der Waals surface area contributed by atoms with Crippen LogP contribution in [-0.2, 0) is 0 Å². The van der Waals surface area contributed by atoms with E-state index in [1.165, 1.54) is 0 Å². The molecule has 0 saturated carbocycles. The van der Waals surface area contributed by atoms with E-state index in [-0.39, 0.29) is 0 Å². The summed E-state index contributed by atoms with van der Waals surface area (Å²) in [6.45, 7) is 19.2. The molecular formula is C51H49N3. The molecule has 0 heterocycles. The molecule has 6 aromatic carbocycles. The zero-order valence-electron chi connectivity index (χ0n) is 32.1. The maximum absolute atomic E-state index is 6.86. The Labute approximate surface area is 322 Å². The third kappa shape index (κ3) is 9.64. The standard InChI is InChI=1S/C49H43N3.C2H6/c1-34-20-18-19-29-46(34)48(50)36(3)49(42-27-16-9-17-28-42)52-38(5)44-31-43(32-45(33-44)40-23-12-7-13-24-40)37(4)51-47(41-25-14-8-15-26-41)30-35(2)39-21-10-6-11-22-39;1-2/h6-33H,4-5,50H2,1-3H3;1-2H3/b35-30+,48-36-,51-47?,52-49?;. The summed E-state index contributed by atoms with van der Waals surface area (Å²) in [6.07, 6.45) is 2.13. The number of allylic oxidation sites excluding steroid dienone is 3. The third-order valence-corrected chi connectivity index (χ3v) is 9.10. The summed E-state index contributed by atoms with van der Waals surface area (Å²) in [4.78, 5) is 10.4. The fraction of sp³-hybridized carbons (Fsp3) is 0.0980. The van der Waals surface area contributed by atoms with E-state index in [2.05, 4.69) is 118 Å². The van der Waals surface area contributed by atoms with E-state index in [0.29, 0.717) is 17.1 Å². The highest BCUT2D eigenvalue weighted by Crippen LogP contribution is 2.31. The van der Waals surface area contributed by atoms with E-state index in [1.54, 1.807) is 0 Å². The summed E-state index contributed by atoms with van der Waals surface area (Å²) in [5, 5.41) is 0. The third-order valence-electron chi connectivity index (χ3n) is 9.10. The van der Waals surface area contributed by atoms with E-state index >= 15 is 0 Å². The Morgan fingerprint density at radius 3 is 1.54 bits per heavy atom. The van der Waals surface area contributed by atoms with Gasteiger partial charge >= 0.3 is 0 Å². The molecule has 268 valence electrons. The van der Waals surface area contributed by atoms with Crippen molar-refractivity contribution in [3.63, 3.8) is 0 Å². The summed E-state index contributed by atoms with van der Waals surface area (Å²) in [7, 11) is 0. The molecule has 0 fully saturated rings.